The summed E-state index contributed by atoms with van der Waals surface area (Å²) in [6, 6.07) is 111. The first-order valence-electron chi connectivity index (χ1n) is 28.4. The van der Waals surface area contributed by atoms with Gasteiger partial charge in [-0.2, -0.15) is 0 Å². The third-order valence-corrected chi connectivity index (χ3v) is 18.6. The van der Waals surface area contributed by atoms with Crippen LogP contribution in [0.1, 0.15) is 22.3 Å². The van der Waals surface area contributed by atoms with Gasteiger partial charge in [0.15, 0.2) is 0 Å². The van der Waals surface area contributed by atoms with Crippen molar-refractivity contribution >= 4 is 86.2 Å². The largest absolute Gasteiger partial charge is 0.0726 e. The van der Waals surface area contributed by atoms with Gasteiger partial charge in [0.2, 0.25) is 0 Å². The van der Waals surface area contributed by atoms with Crippen LogP contribution in [-0.2, 0) is 5.41 Å². The molecule has 0 aliphatic heterocycles. The van der Waals surface area contributed by atoms with Gasteiger partial charge in [0.05, 0.1) is 5.41 Å². The lowest BCUT2D eigenvalue weighted by Crippen LogP contribution is -2.26. The zero-order valence-corrected chi connectivity index (χ0v) is 44.2. The zero-order chi connectivity index (χ0) is 52.9. The van der Waals surface area contributed by atoms with Crippen molar-refractivity contribution in [1.29, 1.82) is 0 Å². The van der Waals surface area contributed by atoms with Crippen molar-refractivity contribution in [1.82, 2.24) is 0 Å². The molecular weight excluding hydrogens is 973 g/mol. The first-order valence-corrected chi connectivity index (χ1v) is 28.4. The van der Waals surface area contributed by atoms with Gasteiger partial charge in [-0.15, -0.1) is 0 Å². The van der Waals surface area contributed by atoms with Gasteiger partial charge in [0, 0.05) is 0 Å². The van der Waals surface area contributed by atoms with Crippen LogP contribution in [0.5, 0.6) is 0 Å². The van der Waals surface area contributed by atoms with E-state index in [4.69, 9.17) is 0 Å². The van der Waals surface area contributed by atoms with Crippen LogP contribution in [0, 0.1) is 0 Å². The van der Waals surface area contributed by atoms with Gasteiger partial charge in [-0.1, -0.05) is 243 Å². The summed E-state index contributed by atoms with van der Waals surface area (Å²) in [6.45, 7) is 0. The number of fused-ring (bicyclic) bond motifs is 22. The second-order valence-corrected chi connectivity index (χ2v) is 22.7. The quantitative estimate of drug-likeness (QED) is 0.154. The zero-order valence-electron chi connectivity index (χ0n) is 44.2. The minimum absolute atomic E-state index is 0.673. The van der Waals surface area contributed by atoms with Crippen LogP contribution >= 0.6 is 0 Å². The Kier molecular flexibility index (Phi) is 9.25. The standard InChI is InChI=1S/C81H48/c1-5-13-65-49(9-1)17-21-61-41-53(25-33-69(61)65)57-29-37-73-74-38-30-58(54-26-34-70-62(42-54)22-18-50-10-2-6-14-66(50)70)46-78(74)81(77(73)45-57)79-47-59(55-27-35-71-63(43-55)23-19-51-11-3-7-15-67(51)71)31-39-75(79)76-40-32-60(48-80(76)81)56-28-36-72-64(44-56)24-20-52-12-4-8-16-68(52)72/h1-48H. The van der Waals surface area contributed by atoms with Crippen LogP contribution in [-0.4, -0.2) is 0 Å². The Bertz CT molecular complexity index is 4740. The van der Waals surface area contributed by atoms with E-state index in [-0.39, 0.29) is 0 Å². The van der Waals surface area contributed by atoms with Gasteiger partial charge in [-0.3, -0.25) is 0 Å². The molecule has 81 heavy (non-hydrogen) atoms. The minimum atomic E-state index is -0.673. The van der Waals surface area contributed by atoms with Gasteiger partial charge >= 0.3 is 0 Å². The molecule has 0 heterocycles. The van der Waals surface area contributed by atoms with Crippen molar-refractivity contribution in [3.05, 3.63) is 313 Å². The Hall–Kier alpha value is -10.4. The predicted octanol–water partition coefficient (Wildman–Crippen LogP) is 21.9. The van der Waals surface area contributed by atoms with E-state index in [0.717, 1.165) is 0 Å². The van der Waals surface area contributed by atoms with Gasteiger partial charge in [-0.25, -0.2) is 0 Å². The molecule has 0 amide bonds. The highest BCUT2D eigenvalue weighted by atomic mass is 14.5. The highest BCUT2D eigenvalue weighted by Crippen LogP contribution is 2.64. The lowest BCUT2D eigenvalue weighted by Gasteiger charge is -2.32. The van der Waals surface area contributed by atoms with Crippen LogP contribution < -0.4 is 0 Å². The first kappa shape index (κ1) is 44.6. The third-order valence-electron chi connectivity index (χ3n) is 18.6. The Morgan fingerprint density at radius 2 is 0.346 bits per heavy atom. The number of rotatable bonds is 4. The van der Waals surface area contributed by atoms with Crippen LogP contribution in [0.15, 0.2) is 291 Å². The van der Waals surface area contributed by atoms with E-state index in [0.29, 0.717) is 0 Å². The van der Waals surface area contributed by atoms with Gasteiger partial charge < -0.3 is 0 Å². The molecule has 372 valence electrons. The van der Waals surface area contributed by atoms with E-state index in [1.54, 1.807) is 0 Å². The third kappa shape index (κ3) is 6.48. The SMILES string of the molecule is c1ccc2c(c1)ccc1cc(-c3ccc4c(c3)C3(c5cc(-c6ccc7c(ccc8ccccc87)c6)ccc5-4)c4cc(-c5ccc6c(ccc7ccccc76)c5)ccc4-c4ccc(-c5ccc6c(ccc7ccccc76)c5)cc43)ccc12. The van der Waals surface area contributed by atoms with Gasteiger partial charge in [0.25, 0.3) is 0 Å². The molecular formula is C81H48. The Labute approximate surface area is 469 Å². The van der Waals surface area contributed by atoms with Crippen molar-refractivity contribution in [2.45, 2.75) is 5.41 Å². The smallest absolute Gasteiger partial charge is 0.0616 e. The van der Waals surface area contributed by atoms with Crippen molar-refractivity contribution in [3.63, 3.8) is 0 Å². The fourth-order valence-corrected chi connectivity index (χ4v) is 14.7. The second kappa shape index (κ2) is 16.8. The molecule has 16 aromatic carbocycles. The summed E-state index contributed by atoms with van der Waals surface area (Å²) >= 11 is 0. The highest BCUT2D eigenvalue weighted by Gasteiger charge is 2.52. The molecule has 0 aromatic heterocycles. The second-order valence-electron chi connectivity index (χ2n) is 22.7. The first-order chi connectivity index (χ1) is 40.1. The molecule has 1 spiro atoms. The normalized spacial score (nSPS) is 13.0. The fraction of sp³-hybridized carbons (Fsp3) is 0.0123. The maximum absolute atomic E-state index is 2.55. The van der Waals surface area contributed by atoms with Crippen LogP contribution in [0.25, 0.3) is 153 Å². The van der Waals surface area contributed by atoms with Crippen LogP contribution in [0.2, 0.25) is 0 Å². The Morgan fingerprint density at radius 3 is 0.605 bits per heavy atom. The van der Waals surface area contributed by atoms with Gasteiger partial charge in [-0.05, 0) is 224 Å². The Balaban J connectivity index is 0.899. The number of hydrogen-bond donors (Lipinski definition) is 0. The molecule has 2 aliphatic rings. The predicted molar refractivity (Wildman–Crippen MR) is 345 cm³/mol. The summed E-state index contributed by atoms with van der Waals surface area (Å²) in [6.07, 6.45) is 0. The average molecular weight is 1020 g/mol. The summed E-state index contributed by atoms with van der Waals surface area (Å²) in [5, 5.41) is 20.3. The summed E-state index contributed by atoms with van der Waals surface area (Å²) in [5.41, 5.74) is 19.4. The van der Waals surface area contributed by atoms with E-state index < -0.39 is 5.41 Å². The summed E-state index contributed by atoms with van der Waals surface area (Å²) in [4.78, 5) is 0. The van der Waals surface area contributed by atoms with Crippen LogP contribution in [0.3, 0.4) is 0 Å². The molecule has 0 heteroatoms. The van der Waals surface area contributed by atoms with E-state index in [2.05, 4.69) is 291 Å². The van der Waals surface area contributed by atoms with Crippen molar-refractivity contribution in [3.8, 4) is 66.8 Å². The molecule has 0 N–H and O–H groups in total. The molecule has 2 aliphatic carbocycles. The molecule has 16 aromatic rings. The van der Waals surface area contributed by atoms with Crippen molar-refractivity contribution in [2.75, 3.05) is 0 Å². The van der Waals surface area contributed by atoms with Crippen LogP contribution in [0.4, 0.5) is 0 Å². The highest BCUT2D eigenvalue weighted by molar-refractivity contribution is 6.12. The monoisotopic (exact) mass is 1020 g/mol. The van der Waals surface area contributed by atoms with Gasteiger partial charge in [0.1, 0.15) is 0 Å². The molecule has 0 fully saturated rings. The Morgan fingerprint density at radius 1 is 0.148 bits per heavy atom. The topological polar surface area (TPSA) is 0 Å². The maximum atomic E-state index is 2.55. The average Bonchev–Trinajstić information content (AvgIpc) is 3.57. The maximum Gasteiger partial charge on any atom is 0.0726 e. The molecule has 0 atom stereocenters. The molecule has 0 saturated heterocycles. The van der Waals surface area contributed by atoms with Crippen molar-refractivity contribution < 1.29 is 0 Å². The summed E-state index contributed by atoms with van der Waals surface area (Å²) in [7, 11) is 0. The van der Waals surface area contributed by atoms with E-state index in [9.17, 15) is 0 Å². The lowest BCUT2D eigenvalue weighted by molar-refractivity contribution is 0.795. The van der Waals surface area contributed by atoms with E-state index >= 15 is 0 Å². The van der Waals surface area contributed by atoms with Crippen molar-refractivity contribution in [2.24, 2.45) is 0 Å². The minimum Gasteiger partial charge on any atom is -0.0616 e. The molecule has 0 radical (unpaired) electrons. The summed E-state index contributed by atoms with van der Waals surface area (Å²) < 4.78 is 0. The molecule has 0 unspecified atom stereocenters. The summed E-state index contributed by atoms with van der Waals surface area (Å²) in [5.74, 6) is 0. The molecule has 0 saturated carbocycles. The molecule has 0 bridgehead atoms. The fourth-order valence-electron chi connectivity index (χ4n) is 14.7. The van der Waals surface area contributed by atoms with E-state index in [1.165, 1.54) is 175 Å². The molecule has 0 nitrogen and oxygen atoms in total. The number of hydrogen-bond acceptors (Lipinski definition) is 0. The molecule has 18 rings (SSSR count). The van der Waals surface area contributed by atoms with E-state index in [1.807, 2.05) is 0 Å². The number of benzene rings is 16. The lowest BCUT2D eigenvalue weighted by atomic mass is 9.69.